The lowest BCUT2D eigenvalue weighted by molar-refractivity contribution is 0.0885. The number of rotatable bonds is 4. The summed E-state index contributed by atoms with van der Waals surface area (Å²) >= 11 is 6.18. The number of nitrogens with zero attached hydrogens (tertiary/aromatic N) is 7. The summed E-state index contributed by atoms with van der Waals surface area (Å²) in [5.74, 6) is 0.0318. The molecule has 4 aromatic rings. The molecule has 0 aliphatic heterocycles. The molecule has 0 unspecified atom stereocenters. The quantitative estimate of drug-likeness (QED) is 0.412. The maximum absolute atomic E-state index is 11.4. The van der Waals surface area contributed by atoms with E-state index >= 15 is 0 Å². The molecule has 10 nitrogen and oxygen atoms in total. The van der Waals surface area contributed by atoms with E-state index in [9.17, 15) is 15.6 Å². The third-order valence-electron chi connectivity index (χ3n) is 4.59. The Morgan fingerprint density at radius 2 is 2.00 bits per heavy atom. The topological polar surface area (TPSA) is 162 Å². The number of fused-ring (bicyclic) bond motifs is 1. The van der Waals surface area contributed by atoms with Gasteiger partial charge < -0.3 is 16.2 Å². The molecule has 0 bridgehead atoms. The number of aromatic nitrogens is 5. The molecule has 0 amide bonds. The number of anilines is 2. The van der Waals surface area contributed by atoms with Gasteiger partial charge in [-0.3, -0.25) is 0 Å². The summed E-state index contributed by atoms with van der Waals surface area (Å²) in [6.07, 6.45) is 2.62. The number of imidazole rings is 1. The van der Waals surface area contributed by atoms with Crippen molar-refractivity contribution < 1.29 is 5.11 Å². The normalized spacial score (nSPS) is 12.7. The van der Waals surface area contributed by atoms with Gasteiger partial charge in [-0.2, -0.15) is 15.6 Å². The zero-order chi connectivity index (χ0) is 22.2. The van der Waals surface area contributed by atoms with E-state index in [1.165, 1.54) is 24.0 Å². The van der Waals surface area contributed by atoms with Gasteiger partial charge in [-0.1, -0.05) is 23.7 Å². The lowest BCUT2D eigenvalue weighted by Crippen LogP contribution is -2.33. The van der Waals surface area contributed by atoms with Gasteiger partial charge >= 0.3 is 0 Å². The van der Waals surface area contributed by atoms with Gasteiger partial charge in [0.15, 0.2) is 22.3 Å². The molecule has 4 N–H and O–H groups in total. The van der Waals surface area contributed by atoms with Crippen LogP contribution in [0.2, 0.25) is 5.15 Å². The summed E-state index contributed by atoms with van der Waals surface area (Å²) in [5, 5.41) is 37.7. The zero-order valence-electron chi connectivity index (χ0n) is 16.1. The molecule has 0 aliphatic carbocycles. The second kappa shape index (κ2) is 7.54. The Hall–Kier alpha value is -4.25. The van der Waals surface area contributed by atoms with Gasteiger partial charge in [0.05, 0.1) is 23.5 Å². The van der Waals surface area contributed by atoms with Gasteiger partial charge in [-0.05, 0) is 25.1 Å². The molecule has 1 atom stereocenters. The highest BCUT2D eigenvalue weighted by atomic mass is 35.5. The fourth-order valence-electron chi connectivity index (χ4n) is 3.11. The molecule has 11 heteroatoms. The Kier molecular flexibility index (Phi) is 4.87. The van der Waals surface area contributed by atoms with Crippen molar-refractivity contribution in [2.24, 2.45) is 0 Å². The molecule has 0 aliphatic rings. The molecule has 0 fully saturated rings. The van der Waals surface area contributed by atoms with Crippen LogP contribution in [0.15, 0.2) is 42.9 Å². The van der Waals surface area contributed by atoms with Crippen molar-refractivity contribution >= 4 is 28.9 Å². The molecule has 3 heterocycles. The molecule has 0 radical (unpaired) electrons. The van der Waals surface area contributed by atoms with Crippen LogP contribution in [-0.4, -0.2) is 29.7 Å². The summed E-state index contributed by atoms with van der Waals surface area (Å²) in [4.78, 5) is 12.0. The lowest BCUT2D eigenvalue weighted by atomic mass is 9.97. The monoisotopic (exact) mass is 431 g/mol. The number of hydrogen-bond acceptors (Lipinski definition) is 9. The van der Waals surface area contributed by atoms with Crippen LogP contribution in [0.5, 0.6) is 0 Å². The molecule has 1 aromatic carbocycles. The summed E-state index contributed by atoms with van der Waals surface area (Å²) in [5.41, 5.74) is 6.04. The summed E-state index contributed by atoms with van der Waals surface area (Å²) in [6.45, 7) is 1.47. The van der Waals surface area contributed by atoms with Gasteiger partial charge in [-0.25, -0.2) is 19.5 Å². The Labute approximate surface area is 181 Å². The van der Waals surface area contributed by atoms with Crippen LogP contribution in [0, 0.1) is 22.7 Å². The fourth-order valence-corrected chi connectivity index (χ4v) is 3.28. The van der Waals surface area contributed by atoms with E-state index in [1.807, 2.05) is 6.07 Å². The highest BCUT2D eigenvalue weighted by Crippen LogP contribution is 2.33. The van der Waals surface area contributed by atoms with E-state index in [2.05, 4.69) is 31.4 Å². The van der Waals surface area contributed by atoms with Gasteiger partial charge in [0.2, 0.25) is 0 Å². The van der Waals surface area contributed by atoms with Crippen molar-refractivity contribution in [3.05, 3.63) is 64.7 Å². The average molecular weight is 432 g/mol. The number of nitriles is 2. The third kappa shape index (κ3) is 3.57. The highest BCUT2D eigenvalue weighted by molar-refractivity contribution is 6.29. The second-order valence-corrected chi connectivity index (χ2v) is 7.13. The van der Waals surface area contributed by atoms with Crippen LogP contribution in [0.3, 0.4) is 0 Å². The zero-order valence-corrected chi connectivity index (χ0v) is 16.8. The minimum atomic E-state index is -1.77. The van der Waals surface area contributed by atoms with Crippen LogP contribution in [0.25, 0.3) is 16.9 Å². The maximum atomic E-state index is 11.4. The van der Waals surface area contributed by atoms with Crippen molar-refractivity contribution in [2.45, 2.75) is 12.6 Å². The predicted octanol–water partition coefficient (Wildman–Crippen LogP) is 2.44. The highest BCUT2D eigenvalue weighted by Gasteiger charge is 2.31. The van der Waals surface area contributed by atoms with Crippen LogP contribution in [-0.2, 0) is 5.72 Å². The van der Waals surface area contributed by atoms with Gasteiger partial charge in [0.1, 0.15) is 23.8 Å². The molecule has 152 valence electrons. The number of nitrogens with one attached hydrogen (secondary N) is 1. The van der Waals surface area contributed by atoms with E-state index in [-0.39, 0.29) is 22.4 Å². The van der Waals surface area contributed by atoms with Crippen molar-refractivity contribution in [3.8, 4) is 23.4 Å². The van der Waals surface area contributed by atoms with Gasteiger partial charge in [0, 0.05) is 11.1 Å². The first kappa shape index (κ1) is 20.0. The summed E-state index contributed by atoms with van der Waals surface area (Å²) in [7, 11) is 0. The number of benzene rings is 1. The van der Waals surface area contributed by atoms with E-state index in [0.717, 1.165) is 0 Å². The minimum absolute atomic E-state index is 0.00584. The smallest absolute Gasteiger partial charge is 0.162 e. The summed E-state index contributed by atoms with van der Waals surface area (Å²) in [6, 6.07) is 12.4. The van der Waals surface area contributed by atoms with Crippen LogP contribution >= 0.6 is 11.6 Å². The Morgan fingerprint density at radius 3 is 2.74 bits per heavy atom. The minimum Gasteiger partial charge on any atom is -0.382 e. The number of aliphatic hydroxyl groups is 1. The first-order valence-corrected chi connectivity index (χ1v) is 9.28. The van der Waals surface area contributed by atoms with Crippen molar-refractivity contribution in [3.63, 3.8) is 0 Å². The van der Waals surface area contributed by atoms with Crippen molar-refractivity contribution in [1.29, 1.82) is 10.5 Å². The third-order valence-corrected chi connectivity index (χ3v) is 4.85. The SMILES string of the molecule is C[C@](O)(Nc1ncnc(N)c1C#N)c1cc2ncc(Cl)n2nc1-c1cccc(C#N)c1. The first-order valence-electron chi connectivity index (χ1n) is 8.90. The second-order valence-electron chi connectivity index (χ2n) is 6.74. The van der Waals surface area contributed by atoms with Crippen molar-refractivity contribution in [2.75, 3.05) is 11.1 Å². The Balaban J connectivity index is 1.92. The molecule has 0 saturated heterocycles. The Bertz CT molecular complexity index is 1400. The number of halogens is 1. The molecule has 4 rings (SSSR count). The largest absolute Gasteiger partial charge is 0.382 e. The Morgan fingerprint density at radius 1 is 1.19 bits per heavy atom. The lowest BCUT2D eigenvalue weighted by Gasteiger charge is -2.28. The molecule has 0 saturated carbocycles. The molecule has 31 heavy (non-hydrogen) atoms. The first-order chi connectivity index (χ1) is 14.8. The van der Waals surface area contributed by atoms with E-state index < -0.39 is 5.72 Å². The van der Waals surface area contributed by atoms with Crippen LogP contribution in [0.1, 0.15) is 23.6 Å². The molecule has 3 aromatic heterocycles. The number of nitrogens with two attached hydrogens (primary N) is 1. The standard InChI is InChI=1S/C20H14ClN9O/c1-20(31,28-19-13(8-23)18(24)26-10-27-19)14-6-16-25-9-15(21)30(16)29-17(14)12-4-2-3-11(5-12)7-22/h2-6,9-10,31H,1H3,(H3,24,26,27,28)/t20-/m1/s1. The predicted molar refractivity (Wildman–Crippen MR) is 113 cm³/mol. The van der Waals surface area contributed by atoms with Crippen LogP contribution in [0.4, 0.5) is 11.6 Å². The number of hydrogen-bond donors (Lipinski definition) is 3. The summed E-state index contributed by atoms with van der Waals surface area (Å²) < 4.78 is 1.42. The van der Waals surface area contributed by atoms with E-state index in [1.54, 1.807) is 30.3 Å². The van der Waals surface area contributed by atoms with Crippen molar-refractivity contribution in [1.82, 2.24) is 24.6 Å². The van der Waals surface area contributed by atoms with Gasteiger partial charge in [-0.15, -0.1) is 0 Å². The van der Waals surface area contributed by atoms with E-state index in [0.29, 0.717) is 28.0 Å². The van der Waals surface area contributed by atoms with Crippen LogP contribution < -0.4 is 11.1 Å². The molecular weight excluding hydrogens is 418 g/mol. The number of nitrogen functional groups attached to an aromatic ring is 1. The molecular formula is C20H14ClN9O. The van der Waals surface area contributed by atoms with E-state index in [4.69, 9.17) is 17.3 Å². The average Bonchev–Trinajstić information content (AvgIpc) is 3.13. The van der Waals surface area contributed by atoms with Gasteiger partial charge in [0.25, 0.3) is 0 Å². The molecule has 0 spiro atoms. The fraction of sp³-hybridized carbons (Fsp3) is 0.100. The maximum Gasteiger partial charge on any atom is 0.162 e.